The van der Waals surface area contributed by atoms with Gasteiger partial charge in [0.1, 0.15) is 0 Å². The number of aryl methyl sites for hydroxylation is 1. The second-order valence-electron chi connectivity index (χ2n) is 4.74. The van der Waals surface area contributed by atoms with Crippen LogP contribution in [0.2, 0.25) is 0 Å². The van der Waals surface area contributed by atoms with Crippen LogP contribution in [0, 0.1) is 6.92 Å². The number of anilines is 1. The number of aromatic nitrogens is 2. The van der Waals surface area contributed by atoms with Gasteiger partial charge in [-0.2, -0.15) is 5.10 Å². The maximum atomic E-state index is 6.03. The highest BCUT2D eigenvalue weighted by Crippen LogP contribution is 2.35. The number of nitrogens with zero attached hydrogens (tertiary/aromatic N) is 1. The van der Waals surface area contributed by atoms with Crippen LogP contribution >= 0.6 is 15.9 Å². The Kier molecular flexibility index (Phi) is 3.32. The molecule has 100 valence electrons. The number of halogens is 1. The van der Waals surface area contributed by atoms with Crippen LogP contribution in [0.4, 0.5) is 5.82 Å². The van der Waals surface area contributed by atoms with Crippen LogP contribution < -0.4 is 5.73 Å². The van der Waals surface area contributed by atoms with E-state index in [1.807, 2.05) is 24.3 Å². The fourth-order valence-electron chi connectivity index (χ4n) is 2.22. The van der Waals surface area contributed by atoms with Crippen LogP contribution in [0.15, 0.2) is 53.0 Å². The fraction of sp³-hybridized carbons (Fsp3) is 0.0625. The third-order valence-electron chi connectivity index (χ3n) is 3.25. The van der Waals surface area contributed by atoms with Crippen LogP contribution in [0.25, 0.3) is 22.4 Å². The Bertz CT molecular complexity index is 745. The van der Waals surface area contributed by atoms with Gasteiger partial charge in [0, 0.05) is 10.0 Å². The molecule has 3 nitrogen and oxygen atoms in total. The topological polar surface area (TPSA) is 54.7 Å². The van der Waals surface area contributed by atoms with Crippen LogP contribution in [0.1, 0.15) is 5.56 Å². The van der Waals surface area contributed by atoms with E-state index in [9.17, 15) is 0 Å². The monoisotopic (exact) mass is 327 g/mol. The van der Waals surface area contributed by atoms with E-state index < -0.39 is 0 Å². The summed E-state index contributed by atoms with van der Waals surface area (Å²) in [7, 11) is 0. The van der Waals surface area contributed by atoms with Crippen molar-refractivity contribution >= 4 is 21.7 Å². The summed E-state index contributed by atoms with van der Waals surface area (Å²) in [4.78, 5) is 0. The smallest absolute Gasteiger partial charge is 0.153 e. The number of nitrogens with two attached hydrogens (primary N) is 1. The third kappa shape index (κ3) is 2.34. The van der Waals surface area contributed by atoms with Gasteiger partial charge in [-0.15, -0.1) is 0 Å². The minimum atomic E-state index is 0.517. The highest BCUT2D eigenvalue weighted by atomic mass is 79.9. The van der Waals surface area contributed by atoms with Gasteiger partial charge in [0.15, 0.2) is 5.82 Å². The first kappa shape index (κ1) is 12.9. The molecule has 0 aliphatic rings. The van der Waals surface area contributed by atoms with Gasteiger partial charge < -0.3 is 5.73 Å². The molecule has 3 rings (SSSR count). The van der Waals surface area contributed by atoms with Crippen molar-refractivity contribution in [2.75, 3.05) is 5.73 Å². The quantitative estimate of drug-likeness (QED) is 0.733. The standard InChI is InChI=1S/C16H14BrN3/c1-10-5-7-11(8-6-10)14-15(19-20-16(14)18)12-3-2-4-13(17)9-12/h2-9H,1H3,(H3,18,19,20). The number of hydrogen-bond acceptors (Lipinski definition) is 2. The van der Waals surface area contributed by atoms with Gasteiger partial charge in [0.25, 0.3) is 0 Å². The molecule has 0 bridgehead atoms. The van der Waals surface area contributed by atoms with Crippen molar-refractivity contribution in [2.45, 2.75) is 6.92 Å². The molecule has 0 fully saturated rings. The van der Waals surface area contributed by atoms with Crippen LogP contribution in [0.3, 0.4) is 0 Å². The largest absolute Gasteiger partial charge is 0.382 e. The minimum absolute atomic E-state index is 0.517. The van der Waals surface area contributed by atoms with E-state index in [0.717, 1.165) is 26.9 Å². The lowest BCUT2D eigenvalue weighted by Gasteiger charge is -2.06. The van der Waals surface area contributed by atoms with Crippen molar-refractivity contribution in [3.8, 4) is 22.4 Å². The molecule has 0 radical (unpaired) electrons. The van der Waals surface area contributed by atoms with Gasteiger partial charge in [0.05, 0.1) is 11.3 Å². The SMILES string of the molecule is Cc1ccc(-c2c(N)n[nH]c2-c2cccc(Br)c2)cc1. The number of hydrogen-bond donors (Lipinski definition) is 2. The van der Waals surface area contributed by atoms with E-state index in [2.05, 4.69) is 57.3 Å². The summed E-state index contributed by atoms with van der Waals surface area (Å²) in [6, 6.07) is 16.4. The zero-order valence-electron chi connectivity index (χ0n) is 11.0. The first-order chi connectivity index (χ1) is 9.65. The van der Waals surface area contributed by atoms with Crippen molar-refractivity contribution < 1.29 is 0 Å². The Labute approximate surface area is 126 Å². The summed E-state index contributed by atoms with van der Waals surface area (Å²) in [6.07, 6.45) is 0. The lowest BCUT2D eigenvalue weighted by molar-refractivity contribution is 1.10. The molecule has 1 heterocycles. The molecule has 3 N–H and O–H groups in total. The van der Waals surface area contributed by atoms with Gasteiger partial charge in [-0.3, -0.25) is 5.10 Å². The molecule has 0 amide bonds. The summed E-state index contributed by atoms with van der Waals surface area (Å²) >= 11 is 3.49. The number of nitrogens with one attached hydrogen (secondary N) is 1. The minimum Gasteiger partial charge on any atom is -0.382 e. The highest BCUT2D eigenvalue weighted by molar-refractivity contribution is 9.10. The van der Waals surface area contributed by atoms with Gasteiger partial charge in [-0.1, -0.05) is 57.9 Å². The van der Waals surface area contributed by atoms with Gasteiger partial charge in [-0.05, 0) is 24.6 Å². The van der Waals surface area contributed by atoms with Gasteiger partial charge >= 0.3 is 0 Å². The Hall–Kier alpha value is -2.07. The van der Waals surface area contributed by atoms with Crippen LogP contribution in [-0.2, 0) is 0 Å². The predicted molar refractivity (Wildman–Crippen MR) is 86.3 cm³/mol. The third-order valence-corrected chi connectivity index (χ3v) is 3.74. The second-order valence-corrected chi connectivity index (χ2v) is 5.65. The van der Waals surface area contributed by atoms with Crippen molar-refractivity contribution in [1.29, 1.82) is 0 Å². The molecule has 0 unspecified atom stereocenters. The van der Waals surface area contributed by atoms with E-state index in [4.69, 9.17) is 5.73 Å². The van der Waals surface area contributed by atoms with Crippen molar-refractivity contribution in [2.24, 2.45) is 0 Å². The number of benzene rings is 2. The molecule has 0 saturated carbocycles. The summed E-state index contributed by atoms with van der Waals surface area (Å²) < 4.78 is 1.03. The summed E-state index contributed by atoms with van der Waals surface area (Å²) in [6.45, 7) is 2.07. The van der Waals surface area contributed by atoms with Crippen molar-refractivity contribution in [3.63, 3.8) is 0 Å². The molecule has 1 aromatic heterocycles. The van der Waals surface area contributed by atoms with Crippen LogP contribution in [0.5, 0.6) is 0 Å². The maximum absolute atomic E-state index is 6.03. The Morgan fingerprint density at radius 3 is 2.50 bits per heavy atom. The molecule has 0 aliphatic carbocycles. The molecule has 0 aliphatic heterocycles. The van der Waals surface area contributed by atoms with Gasteiger partial charge in [0.2, 0.25) is 0 Å². The zero-order valence-corrected chi connectivity index (χ0v) is 12.6. The number of nitrogen functional groups attached to an aromatic ring is 1. The molecule has 0 atom stereocenters. The molecular weight excluding hydrogens is 314 g/mol. The molecule has 2 aromatic carbocycles. The summed E-state index contributed by atoms with van der Waals surface area (Å²) in [5.74, 6) is 0.517. The molecule has 0 spiro atoms. The highest BCUT2D eigenvalue weighted by Gasteiger charge is 2.14. The van der Waals surface area contributed by atoms with E-state index in [0.29, 0.717) is 5.82 Å². The molecule has 3 aromatic rings. The van der Waals surface area contributed by atoms with E-state index in [1.165, 1.54) is 5.56 Å². The van der Waals surface area contributed by atoms with Crippen molar-refractivity contribution in [3.05, 3.63) is 58.6 Å². The normalized spacial score (nSPS) is 10.7. The average molecular weight is 328 g/mol. The lowest BCUT2D eigenvalue weighted by atomic mass is 10.00. The summed E-state index contributed by atoms with van der Waals surface area (Å²) in [5, 5.41) is 7.19. The molecular formula is C16H14BrN3. The Morgan fingerprint density at radius 1 is 1.05 bits per heavy atom. The average Bonchev–Trinajstić information content (AvgIpc) is 2.82. The molecule has 4 heteroatoms. The van der Waals surface area contributed by atoms with E-state index in [-0.39, 0.29) is 0 Å². The van der Waals surface area contributed by atoms with E-state index >= 15 is 0 Å². The second kappa shape index (κ2) is 5.13. The number of H-pyrrole nitrogens is 1. The maximum Gasteiger partial charge on any atom is 0.153 e. The van der Waals surface area contributed by atoms with Crippen molar-refractivity contribution in [1.82, 2.24) is 10.2 Å². The number of aromatic amines is 1. The Morgan fingerprint density at radius 2 is 1.80 bits per heavy atom. The number of rotatable bonds is 2. The first-order valence-corrected chi connectivity index (χ1v) is 7.11. The van der Waals surface area contributed by atoms with Crippen LogP contribution in [-0.4, -0.2) is 10.2 Å². The molecule has 20 heavy (non-hydrogen) atoms. The Balaban J connectivity index is 2.17. The fourth-order valence-corrected chi connectivity index (χ4v) is 2.62. The lowest BCUT2D eigenvalue weighted by Crippen LogP contribution is -1.89. The molecule has 0 saturated heterocycles. The first-order valence-electron chi connectivity index (χ1n) is 6.32. The zero-order chi connectivity index (χ0) is 14.1. The predicted octanol–water partition coefficient (Wildman–Crippen LogP) is 4.40. The summed E-state index contributed by atoms with van der Waals surface area (Å²) in [5.41, 5.74) is 11.3. The van der Waals surface area contributed by atoms with E-state index in [1.54, 1.807) is 0 Å². The van der Waals surface area contributed by atoms with Gasteiger partial charge in [-0.25, -0.2) is 0 Å².